The molecule has 0 bridgehead atoms. The third-order valence-corrected chi connectivity index (χ3v) is 3.22. The second-order valence-corrected chi connectivity index (χ2v) is 4.47. The highest BCUT2D eigenvalue weighted by molar-refractivity contribution is 7.13. The first kappa shape index (κ1) is 14.1. The molecule has 2 aromatic heterocycles. The molecule has 0 N–H and O–H groups in total. The Balaban J connectivity index is 2.30. The van der Waals surface area contributed by atoms with E-state index in [9.17, 15) is 4.79 Å². The number of hydrogen-bond acceptors (Lipinski definition) is 7. The Hall–Kier alpha value is -2.28. The number of thiazole rings is 1. The zero-order chi connectivity index (χ0) is 14.4. The van der Waals surface area contributed by atoms with Crippen LogP contribution in [-0.2, 0) is 14.4 Å². The van der Waals surface area contributed by atoms with Crippen molar-refractivity contribution in [2.45, 2.75) is 6.92 Å². The normalized spacial score (nSPS) is 11.2. The number of rotatable bonds is 5. The van der Waals surface area contributed by atoms with E-state index >= 15 is 0 Å². The molecule has 0 aromatic carbocycles. The second kappa shape index (κ2) is 6.76. The van der Waals surface area contributed by atoms with Crippen LogP contribution in [0.4, 0.5) is 0 Å². The van der Waals surface area contributed by atoms with Gasteiger partial charge in [-0.2, -0.15) is 0 Å². The van der Waals surface area contributed by atoms with Gasteiger partial charge in [0.05, 0.1) is 6.61 Å². The number of pyridine rings is 1. The molecule has 0 aliphatic carbocycles. The van der Waals surface area contributed by atoms with E-state index in [1.54, 1.807) is 24.7 Å². The van der Waals surface area contributed by atoms with Gasteiger partial charge >= 0.3 is 5.97 Å². The maximum atomic E-state index is 11.8. The Labute approximate surface area is 120 Å². The van der Waals surface area contributed by atoms with Crippen LogP contribution < -0.4 is 0 Å². The molecule has 0 spiro atoms. The summed E-state index contributed by atoms with van der Waals surface area (Å²) < 4.78 is 4.93. The van der Waals surface area contributed by atoms with Crippen LogP contribution in [0, 0.1) is 0 Å². The first-order chi connectivity index (χ1) is 9.76. The Kier molecular flexibility index (Phi) is 4.78. The van der Waals surface area contributed by atoms with Crippen LogP contribution in [0.15, 0.2) is 35.1 Å². The fourth-order valence-electron chi connectivity index (χ4n) is 1.49. The lowest BCUT2D eigenvalue weighted by molar-refractivity contribution is -0.135. The van der Waals surface area contributed by atoms with Gasteiger partial charge in [0.15, 0.2) is 0 Å². The average molecular weight is 291 g/mol. The molecule has 0 aliphatic rings. The number of carbonyl (C=O) groups is 1. The van der Waals surface area contributed by atoms with Crippen molar-refractivity contribution in [3.05, 3.63) is 35.6 Å². The molecule has 0 saturated heterocycles. The Morgan fingerprint density at radius 1 is 1.40 bits per heavy atom. The zero-order valence-corrected chi connectivity index (χ0v) is 11.9. The number of aromatic nitrogens is 2. The lowest BCUT2D eigenvalue weighted by atomic mass is 10.2. The smallest absolute Gasteiger partial charge is 0.362 e. The van der Waals surface area contributed by atoms with Gasteiger partial charge in [-0.3, -0.25) is 4.98 Å². The van der Waals surface area contributed by atoms with Crippen LogP contribution in [0.5, 0.6) is 0 Å². The molecular formula is C13H13N3O3S. The molecule has 0 radical (unpaired) electrons. The Bertz CT molecular complexity index is 610. The van der Waals surface area contributed by atoms with E-state index in [2.05, 4.69) is 20.0 Å². The third kappa shape index (κ3) is 3.18. The van der Waals surface area contributed by atoms with Crippen molar-refractivity contribution >= 4 is 23.0 Å². The van der Waals surface area contributed by atoms with E-state index in [-0.39, 0.29) is 12.3 Å². The van der Waals surface area contributed by atoms with Crippen molar-refractivity contribution in [1.29, 1.82) is 0 Å². The molecule has 0 aliphatic heterocycles. The van der Waals surface area contributed by atoms with Crippen LogP contribution in [-0.4, -0.2) is 35.4 Å². The number of oxime groups is 1. The predicted octanol–water partition coefficient (Wildman–Crippen LogP) is 2.12. The number of esters is 1. The van der Waals surface area contributed by atoms with Gasteiger partial charge in [-0.15, -0.1) is 11.3 Å². The molecule has 0 saturated carbocycles. The molecule has 2 heterocycles. The number of carbonyl (C=O) groups excluding carboxylic acids is 1. The average Bonchev–Trinajstić information content (AvgIpc) is 2.95. The molecule has 0 amide bonds. The number of ether oxygens (including phenoxy) is 1. The van der Waals surface area contributed by atoms with E-state index in [1.807, 2.05) is 12.1 Å². The largest absolute Gasteiger partial charge is 0.461 e. The Morgan fingerprint density at radius 3 is 2.80 bits per heavy atom. The topological polar surface area (TPSA) is 73.7 Å². The molecule has 0 fully saturated rings. The Morgan fingerprint density at radius 2 is 2.15 bits per heavy atom. The summed E-state index contributed by atoms with van der Waals surface area (Å²) in [4.78, 5) is 24.8. The van der Waals surface area contributed by atoms with Gasteiger partial charge in [-0.05, 0) is 19.1 Å². The van der Waals surface area contributed by atoms with E-state index in [0.29, 0.717) is 5.69 Å². The van der Waals surface area contributed by atoms with Gasteiger partial charge in [0.25, 0.3) is 0 Å². The summed E-state index contributed by atoms with van der Waals surface area (Å²) in [7, 11) is 1.37. The van der Waals surface area contributed by atoms with Crippen LogP contribution in [0.25, 0.3) is 10.6 Å². The van der Waals surface area contributed by atoms with Gasteiger partial charge in [-0.25, -0.2) is 9.78 Å². The highest BCUT2D eigenvalue weighted by Gasteiger charge is 2.20. The first-order valence-electron chi connectivity index (χ1n) is 5.90. The second-order valence-electron chi connectivity index (χ2n) is 3.62. The minimum absolute atomic E-state index is 0.0610. The van der Waals surface area contributed by atoms with Crippen molar-refractivity contribution in [1.82, 2.24) is 9.97 Å². The van der Waals surface area contributed by atoms with Crippen molar-refractivity contribution in [3.8, 4) is 10.6 Å². The van der Waals surface area contributed by atoms with E-state index in [1.165, 1.54) is 18.4 Å². The highest BCUT2D eigenvalue weighted by Crippen LogP contribution is 2.23. The molecule has 104 valence electrons. The lowest BCUT2D eigenvalue weighted by Gasteiger charge is -2.02. The van der Waals surface area contributed by atoms with Crippen LogP contribution in [0.1, 0.15) is 12.6 Å². The van der Waals surface area contributed by atoms with Gasteiger partial charge in [0.1, 0.15) is 17.8 Å². The van der Waals surface area contributed by atoms with Crippen molar-refractivity contribution < 1.29 is 14.4 Å². The number of hydrogen-bond donors (Lipinski definition) is 0. The van der Waals surface area contributed by atoms with Crippen LogP contribution in [0.3, 0.4) is 0 Å². The van der Waals surface area contributed by atoms with Gasteiger partial charge in [0.2, 0.25) is 5.71 Å². The van der Waals surface area contributed by atoms with Crippen molar-refractivity contribution in [3.63, 3.8) is 0 Å². The molecule has 2 rings (SSSR count). The first-order valence-corrected chi connectivity index (χ1v) is 6.78. The minimum Gasteiger partial charge on any atom is -0.461 e. The molecule has 0 unspecified atom stereocenters. The predicted molar refractivity (Wildman–Crippen MR) is 75.5 cm³/mol. The zero-order valence-electron chi connectivity index (χ0n) is 11.1. The maximum absolute atomic E-state index is 11.8. The van der Waals surface area contributed by atoms with Crippen molar-refractivity contribution in [2.75, 3.05) is 13.7 Å². The summed E-state index contributed by atoms with van der Waals surface area (Å²) in [6, 6.07) is 3.69. The van der Waals surface area contributed by atoms with Crippen molar-refractivity contribution in [2.24, 2.45) is 5.16 Å². The van der Waals surface area contributed by atoms with Crippen LogP contribution >= 0.6 is 11.3 Å². The molecule has 0 atom stereocenters. The summed E-state index contributed by atoms with van der Waals surface area (Å²) in [5.74, 6) is -0.555. The monoisotopic (exact) mass is 291 g/mol. The lowest BCUT2D eigenvalue weighted by Crippen LogP contribution is -2.19. The summed E-state index contributed by atoms with van der Waals surface area (Å²) >= 11 is 1.41. The summed E-state index contributed by atoms with van der Waals surface area (Å²) in [6.45, 7) is 1.99. The fourth-order valence-corrected chi connectivity index (χ4v) is 2.30. The minimum atomic E-state index is -0.555. The summed E-state index contributed by atoms with van der Waals surface area (Å²) in [5, 5.41) is 6.21. The molecule has 6 nitrogen and oxygen atoms in total. The maximum Gasteiger partial charge on any atom is 0.362 e. The van der Waals surface area contributed by atoms with Gasteiger partial charge < -0.3 is 9.57 Å². The van der Waals surface area contributed by atoms with E-state index in [0.717, 1.165) is 10.6 Å². The standard InChI is InChI=1S/C13H13N3O3S/c1-3-19-13(17)11(16-18-2)10-8-20-12(15-10)9-4-6-14-7-5-9/h4-8H,3H2,1-2H3. The van der Waals surface area contributed by atoms with Crippen LogP contribution in [0.2, 0.25) is 0 Å². The molecule has 20 heavy (non-hydrogen) atoms. The summed E-state index contributed by atoms with van der Waals surface area (Å²) in [5.41, 5.74) is 1.42. The molecular weight excluding hydrogens is 278 g/mol. The third-order valence-electron chi connectivity index (χ3n) is 2.33. The van der Waals surface area contributed by atoms with Gasteiger partial charge in [0, 0.05) is 23.3 Å². The SMILES string of the molecule is CCOC(=O)C(=NOC)c1csc(-c2ccncc2)n1. The quantitative estimate of drug-likeness (QED) is 0.479. The molecule has 7 heteroatoms. The summed E-state index contributed by atoms with van der Waals surface area (Å²) in [6.07, 6.45) is 3.37. The van der Waals surface area contributed by atoms with E-state index < -0.39 is 5.97 Å². The molecule has 2 aromatic rings. The van der Waals surface area contributed by atoms with E-state index in [4.69, 9.17) is 4.74 Å². The van der Waals surface area contributed by atoms with Gasteiger partial charge in [-0.1, -0.05) is 5.16 Å². The highest BCUT2D eigenvalue weighted by atomic mass is 32.1. The number of nitrogens with zero attached hydrogens (tertiary/aromatic N) is 3. The fraction of sp³-hybridized carbons (Fsp3) is 0.231.